The largest absolute Gasteiger partial charge is 0.507 e. The lowest BCUT2D eigenvalue weighted by atomic mass is 10.2. The number of benzene rings is 1. The van der Waals surface area contributed by atoms with Crippen LogP contribution in [-0.4, -0.2) is 40.5 Å². The highest BCUT2D eigenvalue weighted by Gasteiger charge is 2.11. The van der Waals surface area contributed by atoms with Crippen molar-refractivity contribution in [1.82, 2.24) is 15.6 Å². The van der Waals surface area contributed by atoms with Gasteiger partial charge in [0.1, 0.15) is 5.75 Å². The standard InChI is InChI=1S/C19H21N5O2S/c1-3-24(4-2)14-8-7-13(17(25)10-14)12-20-23-19(26)16-11-15(21-22-16)18-6-5-9-27-18/h5-12,25H,3-4H2,1-2H3,(H,21,22)(H,23,26)/b20-12-. The SMILES string of the molecule is CCN(CC)c1ccc(/C=N\NC(=O)c2cc(-c3cccs3)[nH]n2)c(O)c1. The number of hydrogen-bond acceptors (Lipinski definition) is 6. The Morgan fingerprint density at radius 2 is 2.15 bits per heavy atom. The number of hydrogen-bond donors (Lipinski definition) is 3. The third-order valence-electron chi connectivity index (χ3n) is 4.11. The molecule has 0 bridgehead atoms. The van der Waals surface area contributed by atoms with E-state index in [0.29, 0.717) is 5.56 Å². The molecule has 2 aromatic heterocycles. The molecule has 1 aromatic carbocycles. The molecule has 0 aliphatic rings. The molecule has 0 unspecified atom stereocenters. The van der Waals surface area contributed by atoms with Gasteiger partial charge in [-0.3, -0.25) is 9.89 Å². The fourth-order valence-electron chi connectivity index (χ4n) is 2.64. The summed E-state index contributed by atoms with van der Waals surface area (Å²) in [5, 5.41) is 22.9. The average Bonchev–Trinajstić information content (AvgIpc) is 3.36. The summed E-state index contributed by atoms with van der Waals surface area (Å²) >= 11 is 1.56. The van der Waals surface area contributed by atoms with Gasteiger partial charge in [-0.25, -0.2) is 5.43 Å². The van der Waals surface area contributed by atoms with Gasteiger partial charge in [-0.15, -0.1) is 11.3 Å². The number of phenols is 1. The quantitative estimate of drug-likeness (QED) is 0.430. The topological polar surface area (TPSA) is 93.6 Å². The molecule has 0 fully saturated rings. The van der Waals surface area contributed by atoms with Crippen molar-refractivity contribution in [3.05, 3.63) is 53.0 Å². The van der Waals surface area contributed by atoms with Crippen molar-refractivity contribution < 1.29 is 9.90 Å². The van der Waals surface area contributed by atoms with Crippen LogP contribution in [0.4, 0.5) is 5.69 Å². The Labute approximate surface area is 161 Å². The summed E-state index contributed by atoms with van der Waals surface area (Å²) in [6, 6.07) is 10.9. The Bertz CT molecular complexity index is 929. The fraction of sp³-hybridized carbons (Fsp3) is 0.211. The summed E-state index contributed by atoms with van der Waals surface area (Å²) in [5.41, 5.74) is 4.91. The number of carbonyl (C=O) groups excluding carboxylic acids is 1. The molecule has 3 rings (SSSR count). The molecule has 0 radical (unpaired) electrons. The number of rotatable bonds is 7. The van der Waals surface area contributed by atoms with E-state index in [1.54, 1.807) is 29.5 Å². The molecule has 7 nitrogen and oxygen atoms in total. The average molecular weight is 383 g/mol. The molecule has 0 saturated heterocycles. The van der Waals surface area contributed by atoms with E-state index < -0.39 is 5.91 Å². The van der Waals surface area contributed by atoms with Crippen LogP contribution >= 0.6 is 11.3 Å². The minimum absolute atomic E-state index is 0.108. The van der Waals surface area contributed by atoms with Crippen molar-refractivity contribution in [3.63, 3.8) is 0 Å². The summed E-state index contributed by atoms with van der Waals surface area (Å²) in [4.78, 5) is 15.3. The van der Waals surface area contributed by atoms with Gasteiger partial charge in [-0.2, -0.15) is 10.2 Å². The minimum Gasteiger partial charge on any atom is -0.507 e. The second-order valence-corrected chi connectivity index (χ2v) is 6.71. The molecule has 140 valence electrons. The molecule has 0 spiro atoms. The van der Waals surface area contributed by atoms with Crippen molar-refractivity contribution in [2.45, 2.75) is 13.8 Å². The van der Waals surface area contributed by atoms with E-state index in [2.05, 4.69) is 39.5 Å². The minimum atomic E-state index is -0.426. The number of thiophene rings is 1. The second-order valence-electron chi connectivity index (χ2n) is 5.76. The van der Waals surface area contributed by atoms with E-state index in [1.165, 1.54) is 6.21 Å². The van der Waals surface area contributed by atoms with E-state index in [-0.39, 0.29) is 11.4 Å². The highest BCUT2D eigenvalue weighted by atomic mass is 32.1. The van der Waals surface area contributed by atoms with Crippen LogP contribution in [0, 0.1) is 0 Å². The number of aromatic amines is 1. The molecule has 27 heavy (non-hydrogen) atoms. The van der Waals surface area contributed by atoms with Crippen LogP contribution in [-0.2, 0) is 0 Å². The summed E-state index contributed by atoms with van der Waals surface area (Å²) in [5.74, 6) is -0.318. The molecule has 8 heteroatoms. The molecule has 0 aliphatic heterocycles. The zero-order valence-corrected chi connectivity index (χ0v) is 16.0. The van der Waals surface area contributed by atoms with Gasteiger partial charge in [0.05, 0.1) is 16.8 Å². The van der Waals surface area contributed by atoms with Gasteiger partial charge >= 0.3 is 0 Å². The third kappa shape index (κ3) is 4.35. The highest BCUT2D eigenvalue weighted by Crippen LogP contribution is 2.24. The van der Waals surface area contributed by atoms with Gasteiger partial charge in [0.25, 0.3) is 5.91 Å². The Morgan fingerprint density at radius 3 is 2.81 bits per heavy atom. The summed E-state index contributed by atoms with van der Waals surface area (Å²) in [7, 11) is 0. The first-order chi connectivity index (χ1) is 13.1. The molecule has 3 N–H and O–H groups in total. The number of nitrogens with zero attached hydrogens (tertiary/aromatic N) is 3. The van der Waals surface area contributed by atoms with Gasteiger partial charge in [-0.1, -0.05) is 6.07 Å². The van der Waals surface area contributed by atoms with Gasteiger partial charge < -0.3 is 10.0 Å². The molecule has 0 aliphatic carbocycles. The van der Waals surface area contributed by atoms with Crippen LogP contribution in [0.1, 0.15) is 29.9 Å². The van der Waals surface area contributed by atoms with Gasteiger partial charge in [0.2, 0.25) is 0 Å². The first kappa shape index (κ1) is 18.7. The van der Waals surface area contributed by atoms with Crippen LogP contribution < -0.4 is 10.3 Å². The third-order valence-corrected chi connectivity index (χ3v) is 5.01. The molecule has 0 atom stereocenters. The Morgan fingerprint density at radius 1 is 1.33 bits per heavy atom. The van der Waals surface area contributed by atoms with Gasteiger partial charge in [0.15, 0.2) is 5.69 Å². The van der Waals surface area contributed by atoms with E-state index in [9.17, 15) is 9.90 Å². The Hall–Kier alpha value is -3.13. The number of aromatic nitrogens is 2. The monoisotopic (exact) mass is 383 g/mol. The van der Waals surface area contributed by atoms with E-state index in [4.69, 9.17) is 0 Å². The van der Waals surface area contributed by atoms with Crippen molar-refractivity contribution in [1.29, 1.82) is 0 Å². The maximum absolute atomic E-state index is 12.2. The van der Waals surface area contributed by atoms with Crippen LogP contribution in [0.2, 0.25) is 0 Å². The van der Waals surface area contributed by atoms with Crippen molar-refractivity contribution in [2.75, 3.05) is 18.0 Å². The number of anilines is 1. The summed E-state index contributed by atoms with van der Waals surface area (Å²) in [6.45, 7) is 5.84. The number of hydrazone groups is 1. The summed E-state index contributed by atoms with van der Waals surface area (Å²) < 4.78 is 0. The van der Waals surface area contributed by atoms with Crippen LogP contribution in [0.25, 0.3) is 10.6 Å². The Kier molecular flexibility index (Phi) is 5.87. The van der Waals surface area contributed by atoms with Crippen LogP contribution in [0.15, 0.2) is 46.9 Å². The maximum Gasteiger partial charge on any atom is 0.291 e. The maximum atomic E-state index is 12.2. The van der Waals surface area contributed by atoms with Crippen molar-refractivity contribution in [2.24, 2.45) is 5.10 Å². The number of carbonyl (C=O) groups is 1. The van der Waals surface area contributed by atoms with E-state index >= 15 is 0 Å². The van der Waals surface area contributed by atoms with Crippen molar-refractivity contribution in [3.8, 4) is 16.3 Å². The zero-order chi connectivity index (χ0) is 19.2. The molecular formula is C19H21N5O2S. The predicted octanol–water partition coefficient (Wildman–Crippen LogP) is 3.45. The first-order valence-electron chi connectivity index (χ1n) is 8.63. The molecule has 2 heterocycles. The molecule has 1 amide bonds. The number of aromatic hydroxyl groups is 1. The highest BCUT2D eigenvalue weighted by molar-refractivity contribution is 7.13. The number of amides is 1. The second kappa shape index (κ2) is 8.50. The van der Waals surface area contributed by atoms with E-state index in [0.717, 1.165) is 29.3 Å². The lowest BCUT2D eigenvalue weighted by Gasteiger charge is -2.21. The molecule has 3 aromatic rings. The van der Waals surface area contributed by atoms with Crippen LogP contribution in [0.5, 0.6) is 5.75 Å². The first-order valence-corrected chi connectivity index (χ1v) is 9.51. The zero-order valence-electron chi connectivity index (χ0n) is 15.1. The fourth-order valence-corrected chi connectivity index (χ4v) is 3.33. The summed E-state index contributed by atoms with van der Waals surface area (Å²) in [6.07, 6.45) is 1.41. The number of phenolic OH excluding ortho intramolecular Hbond substituents is 1. The Balaban J connectivity index is 1.64. The van der Waals surface area contributed by atoms with Gasteiger partial charge in [0, 0.05) is 30.4 Å². The lowest BCUT2D eigenvalue weighted by Crippen LogP contribution is -2.21. The lowest BCUT2D eigenvalue weighted by molar-refractivity contribution is 0.0950. The number of H-pyrrole nitrogens is 1. The number of nitrogens with one attached hydrogen (secondary N) is 2. The van der Waals surface area contributed by atoms with Crippen molar-refractivity contribution >= 4 is 29.1 Å². The molecular weight excluding hydrogens is 362 g/mol. The smallest absolute Gasteiger partial charge is 0.291 e. The normalized spacial score (nSPS) is 11.0. The van der Waals surface area contributed by atoms with Gasteiger partial charge in [-0.05, 0) is 43.5 Å². The molecule has 0 saturated carbocycles. The predicted molar refractivity (Wildman–Crippen MR) is 109 cm³/mol. The van der Waals surface area contributed by atoms with E-state index in [1.807, 2.05) is 23.6 Å². The van der Waals surface area contributed by atoms with Crippen LogP contribution in [0.3, 0.4) is 0 Å².